The number of hydrogen-bond donors (Lipinski definition) is 0. The van der Waals surface area contributed by atoms with Gasteiger partial charge in [-0.05, 0) is 31.0 Å². The number of hydrogen-bond acceptors (Lipinski definition) is 4. The molecule has 1 aliphatic heterocycles. The van der Waals surface area contributed by atoms with Crippen LogP contribution in [0, 0.1) is 6.92 Å². The van der Waals surface area contributed by atoms with E-state index >= 15 is 0 Å². The normalized spacial score (nSPS) is 13.1. The highest BCUT2D eigenvalue weighted by atomic mass is 35.5. The lowest BCUT2D eigenvalue weighted by molar-refractivity contribution is -0.121. The van der Waals surface area contributed by atoms with Crippen LogP contribution in [0.15, 0.2) is 46.9 Å². The standard InChI is InChI=1S/C20H16ClNO4/c1-12-14-6-4-7-15(21)19(14)26-18(12)20(24)25-11-17(23)22-10-9-13-5-2-3-8-16(13)22/h2-8H,9-11H2,1H3. The Morgan fingerprint density at radius 3 is 2.81 bits per heavy atom. The SMILES string of the molecule is Cc1c(C(=O)OCC(=O)N2CCc3ccccc32)oc2c(Cl)cccc12. The molecule has 3 aromatic rings. The summed E-state index contributed by atoms with van der Waals surface area (Å²) in [4.78, 5) is 26.5. The minimum Gasteiger partial charge on any atom is -0.450 e. The van der Waals surface area contributed by atoms with Gasteiger partial charge in [0.15, 0.2) is 12.2 Å². The summed E-state index contributed by atoms with van der Waals surface area (Å²) in [5.74, 6) is -0.853. The van der Waals surface area contributed by atoms with Gasteiger partial charge in [-0.3, -0.25) is 4.79 Å². The number of carbonyl (C=O) groups is 2. The zero-order valence-corrected chi connectivity index (χ0v) is 14.9. The van der Waals surface area contributed by atoms with E-state index in [2.05, 4.69) is 0 Å². The van der Waals surface area contributed by atoms with Crippen LogP contribution < -0.4 is 4.90 Å². The topological polar surface area (TPSA) is 59.8 Å². The van der Waals surface area contributed by atoms with Crippen molar-refractivity contribution < 1.29 is 18.7 Å². The van der Waals surface area contributed by atoms with E-state index in [1.165, 1.54) is 0 Å². The summed E-state index contributed by atoms with van der Waals surface area (Å²) in [5.41, 5.74) is 3.08. The van der Waals surface area contributed by atoms with Crippen molar-refractivity contribution >= 4 is 40.1 Å². The maximum atomic E-state index is 12.5. The molecular formula is C20H16ClNO4. The fourth-order valence-corrected chi connectivity index (χ4v) is 3.48. The van der Waals surface area contributed by atoms with Gasteiger partial charge in [-0.25, -0.2) is 4.79 Å². The molecule has 0 radical (unpaired) electrons. The number of rotatable bonds is 3. The molecule has 132 valence electrons. The molecule has 0 unspecified atom stereocenters. The number of anilines is 1. The average molecular weight is 370 g/mol. The molecule has 2 heterocycles. The molecule has 1 aliphatic rings. The zero-order valence-electron chi connectivity index (χ0n) is 14.1. The average Bonchev–Trinajstić information content (AvgIpc) is 3.22. The van der Waals surface area contributed by atoms with Crippen LogP contribution in [0.5, 0.6) is 0 Å². The van der Waals surface area contributed by atoms with Gasteiger partial charge in [0.25, 0.3) is 5.91 Å². The molecule has 1 aromatic heterocycles. The van der Waals surface area contributed by atoms with Gasteiger partial charge in [0, 0.05) is 23.2 Å². The first kappa shape index (κ1) is 16.7. The molecule has 0 saturated heterocycles. The summed E-state index contributed by atoms with van der Waals surface area (Å²) in [7, 11) is 0. The van der Waals surface area contributed by atoms with E-state index in [4.69, 9.17) is 20.8 Å². The van der Waals surface area contributed by atoms with Crippen LogP contribution in [0.1, 0.15) is 21.7 Å². The third-order valence-electron chi connectivity index (χ3n) is 4.62. The fourth-order valence-electron chi connectivity index (χ4n) is 3.27. The summed E-state index contributed by atoms with van der Waals surface area (Å²) >= 11 is 6.10. The number of ether oxygens (including phenoxy) is 1. The Morgan fingerprint density at radius 1 is 1.19 bits per heavy atom. The molecule has 1 amide bonds. The Hall–Kier alpha value is -2.79. The van der Waals surface area contributed by atoms with Gasteiger partial charge in [0.2, 0.25) is 5.76 Å². The quantitative estimate of drug-likeness (QED) is 0.651. The molecule has 0 spiro atoms. The Labute approximate surface area is 155 Å². The van der Waals surface area contributed by atoms with Crippen molar-refractivity contribution in [3.05, 3.63) is 64.4 Å². The Morgan fingerprint density at radius 2 is 2.00 bits per heavy atom. The highest BCUT2D eigenvalue weighted by molar-refractivity contribution is 6.35. The van der Waals surface area contributed by atoms with Crippen molar-refractivity contribution in [1.82, 2.24) is 0 Å². The molecule has 0 fully saturated rings. The molecule has 0 bridgehead atoms. The second-order valence-electron chi connectivity index (χ2n) is 6.17. The fraction of sp³-hybridized carbons (Fsp3) is 0.200. The van der Waals surface area contributed by atoms with Crippen LogP contribution in [-0.2, 0) is 16.0 Å². The minimum atomic E-state index is -0.671. The van der Waals surface area contributed by atoms with Crippen molar-refractivity contribution in [1.29, 1.82) is 0 Å². The van der Waals surface area contributed by atoms with E-state index in [-0.39, 0.29) is 18.3 Å². The van der Waals surface area contributed by atoms with Crippen molar-refractivity contribution in [3.63, 3.8) is 0 Å². The summed E-state index contributed by atoms with van der Waals surface area (Å²) in [6.07, 6.45) is 0.803. The van der Waals surface area contributed by atoms with Gasteiger partial charge >= 0.3 is 5.97 Å². The Balaban J connectivity index is 1.49. The monoisotopic (exact) mass is 369 g/mol. The summed E-state index contributed by atoms with van der Waals surface area (Å²) < 4.78 is 10.8. The molecule has 26 heavy (non-hydrogen) atoms. The molecule has 2 aromatic carbocycles. The molecule has 0 atom stereocenters. The van der Waals surface area contributed by atoms with Crippen LogP contribution in [0.4, 0.5) is 5.69 Å². The summed E-state index contributed by atoms with van der Waals surface area (Å²) in [5, 5.41) is 1.18. The van der Waals surface area contributed by atoms with Crippen molar-refractivity contribution in [2.24, 2.45) is 0 Å². The lowest BCUT2D eigenvalue weighted by Gasteiger charge is -2.16. The largest absolute Gasteiger partial charge is 0.450 e. The van der Waals surface area contributed by atoms with Gasteiger partial charge in [0.05, 0.1) is 5.02 Å². The highest BCUT2D eigenvalue weighted by Crippen LogP contribution is 2.31. The van der Waals surface area contributed by atoms with Gasteiger partial charge in [-0.1, -0.05) is 41.9 Å². The lowest BCUT2D eigenvalue weighted by Crippen LogP contribution is -2.33. The number of carbonyl (C=O) groups excluding carboxylic acids is 2. The van der Waals surface area contributed by atoms with Crippen molar-refractivity contribution in [2.75, 3.05) is 18.1 Å². The Kier molecular flexibility index (Phi) is 4.17. The number of halogens is 1. The van der Waals surface area contributed by atoms with E-state index in [1.807, 2.05) is 30.3 Å². The van der Waals surface area contributed by atoms with Crippen LogP contribution in [0.3, 0.4) is 0 Å². The van der Waals surface area contributed by atoms with Gasteiger partial charge in [-0.2, -0.15) is 0 Å². The van der Waals surface area contributed by atoms with Crippen LogP contribution in [0.25, 0.3) is 11.0 Å². The molecule has 0 saturated carbocycles. The molecular weight excluding hydrogens is 354 g/mol. The van der Waals surface area contributed by atoms with Crippen LogP contribution in [0.2, 0.25) is 5.02 Å². The number of nitrogens with zero attached hydrogens (tertiary/aromatic N) is 1. The first-order valence-corrected chi connectivity index (χ1v) is 8.67. The zero-order chi connectivity index (χ0) is 18.3. The number of esters is 1. The second kappa shape index (κ2) is 6.50. The number of benzene rings is 2. The van der Waals surface area contributed by atoms with Gasteiger partial charge in [-0.15, -0.1) is 0 Å². The maximum absolute atomic E-state index is 12.5. The predicted octanol–water partition coefficient (Wildman–Crippen LogP) is 4.14. The second-order valence-corrected chi connectivity index (χ2v) is 6.58. The van der Waals surface area contributed by atoms with E-state index in [0.717, 1.165) is 23.1 Å². The number of para-hydroxylation sites is 2. The molecule has 0 aliphatic carbocycles. The predicted molar refractivity (Wildman–Crippen MR) is 98.7 cm³/mol. The third kappa shape index (κ3) is 2.74. The van der Waals surface area contributed by atoms with E-state index in [0.29, 0.717) is 22.7 Å². The summed E-state index contributed by atoms with van der Waals surface area (Å²) in [6.45, 7) is 2.02. The number of furan rings is 1. The van der Waals surface area contributed by atoms with Crippen LogP contribution in [-0.4, -0.2) is 25.0 Å². The third-order valence-corrected chi connectivity index (χ3v) is 4.91. The van der Waals surface area contributed by atoms with Crippen molar-refractivity contribution in [3.8, 4) is 0 Å². The molecule has 6 heteroatoms. The Bertz CT molecular complexity index is 1020. The smallest absolute Gasteiger partial charge is 0.375 e. The van der Waals surface area contributed by atoms with Gasteiger partial charge < -0.3 is 14.1 Å². The first-order chi connectivity index (χ1) is 12.6. The maximum Gasteiger partial charge on any atom is 0.375 e. The number of fused-ring (bicyclic) bond motifs is 2. The minimum absolute atomic E-state index is 0.0720. The number of amides is 1. The number of aryl methyl sites for hydroxylation is 1. The van der Waals surface area contributed by atoms with E-state index in [9.17, 15) is 9.59 Å². The van der Waals surface area contributed by atoms with Crippen LogP contribution >= 0.6 is 11.6 Å². The molecule has 0 N–H and O–H groups in total. The first-order valence-electron chi connectivity index (χ1n) is 8.29. The molecule has 5 nitrogen and oxygen atoms in total. The summed E-state index contributed by atoms with van der Waals surface area (Å²) in [6, 6.07) is 13.0. The molecule has 4 rings (SSSR count). The highest BCUT2D eigenvalue weighted by Gasteiger charge is 2.26. The van der Waals surface area contributed by atoms with Crippen molar-refractivity contribution in [2.45, 2.75) is 13.3 Å². The van der Waals surface area contributed by atoms with E-state index < -0.39 is 5.97 Å². The lowest BCUT2D eigenvalue weighted by atomic mass is 10.1. The van der Waals surface area contributed by atoms with Gasteiger partial charge in [0.1, 0.15) is 0 Å². The van der Waals surface area contributed by atoms with E-state index in [1.54, 1.807) is 24.0 Å².